The van der Waals surface area contributed by atoms with Crippen molar-refractivity contribution in [3.63, 3.8) is 0 Å². The SMILES string of the molecule is Fc1c(Cl)cc2c(c1-c1nn[nH]n1)N(CCOC(F)F)CC2. The number of nitrogens with one attached hydrogen (secondary N) is 1. The lowest BCUT2D eigenvalue weighted by molar-refractivity contribution is -0.126. The molecule has 10 heteroatoms. The summed E-state index contributed by atoms with van der Waals surface area (Å²) in [5.74, 6) is -0.596. The van der Waals surface area contributed by atoms with Crippen molar-refractivity contribution in [1.82, 2.24) is 20.6 Å². The Morgan fingerprint density at radius 2 is 2.27 bits per heavy atom. The molecule has 0 bridgehead atoms. The number of halogens is 4. The number of aromatic nitrogens is 4. The molecular weight excluding hydrogens is 323 g/mol. The van der Waals surface area contributed by atoms with Crippen LogP contribution in [-0.2, 0) is 11.2 Å². The average molecular weight is 334 g/mol. The summed E-state index contributed by atoms with van der Waals surface area (Å²) >= 11 is 5.90. The quantitative estimate of drug-likeness (QED) is 0.909. The van der Waals surface area contributed by atoms with E-state index in [-0.39, 0.29) is 29.6 Å². The van der Waals surface area contributed by atoms with E-state index in [1.807, 2.05) is 0 Å². The molecule has 2 aromatic rings. The van der Waals surface area contributed by atoms with Crippen molar-refractivity contribution in [2.45, 2.75) is 13.0 Å². The molecule has 0 atom stereocenters. The number of alkyl halides is 2. The Kier molecular flexibility index (Phi) is 4.16. The molecule has 0 spiro atoms. The first-order valence-corrected chi connectivity index (χ1v) is 6.85. The van der Waals surface area contributed by atoms with Crippen LogP contribution in [0.25, 0.3) is 11.4 Å². The number of tetrazole rings is 1. The summed E-state index contributed by atoms with van der Waals surface area (Å²) in [5.41, 5.74) is 1.47. The first-order valence-electron chi connectivity index (χ1n) is 6.47. The summed E-state index contributed by atoms with van der Waals surface area (Å²) in [5, 5.41) is 13.2. The van der Waals surface area contributed by atoms with E-state index >= 15 is 0 Å². The second kappa shape index (κ2) is 6.09. The third-order valence-corrected chi connectivity index (χ3v) is 3.69. The van der Waals surface area contributed by atoms with Crippen LogP contribution >= 0.6 is 11.6 Å². The number of ether oxygens (including phenoxy) is 1. The molecule has 0 fully saturated rings. The Balaban J connectivity index is 1.97. The van der Waals surface area contributed by atoms with Gasteiger partial charge in [-0.05, 0) is 23.3 Å². The molecule has 0 unspecified atom stereocenters. The van der Waals surface area contributed by atoms with Crippen molar-refractivity contribution in [3.05, 3.63) is 22.5 Å². The van der Waals surface area contributed by atoms with Crippen LogP contribution in [0.2, 0.25) is 5.02 Å². The van der Waals surface area contributed by atoms with E-state index in [0.29, 0.717) is 18.7 Å². The molecule has 118 valence electrons. The minimum atomic E-state index is -2.83. The number of anilines is 1. The highest BCUT2D eigenvalue weighted by Gasteiger charge is 2.29. The zero-order chi connectivity index (χ0) is 15.7. The van der Waals surface area contributed by atoms with E-state index in [1.54, 1.807) is 4.90 Å². The maximum absolute atomic E-state index is 14.4. The van der Waals surface area contributed by atoms with Crippen molar-refractivity contribution in [3.8, 4) is 11.4 Å². The van der Waals surface area contributed by atoms with Gasteiger partial charge in [0.05, 0.1) is 22.9 Å². The molecule has 0 radical (unpaired) electrons. The van der Waals surface area contributed by atoms with Crippen LogP contribution in [-0.4, -0.2) is 46.9 Å². The molecular formula is C12H11ClF3N5O. The van der Waals surface area contributed by atoms with E-state index in [1.165, 1.54) is 6.07 Å². The Morgan fingerprint density at radius 3 is 2.95 bits per heavy atom. The number of hydrogen-bond acceptors (Lipinski definition) is 5. The zero-order valence-corrected chi connectivity index (χ0v) is 11.9. The number of fused-ring (bicyclic) bond motifs is 1. The van der Waals surface area contributed by atoms with E-state index in [2.05, 4.69) is 25.4 Å². The lowest BCUT2D eigenvalue weighted by Crippen LogP contribution is -2.26. The highest BCUT2D eigenvalue weighted by Crippen LogP contribution is 2.41. The summed E-state index contributed by atoms with van der Waals surface area (Å²) in [6, 6.07) is 1.53. The van der Waals surface area contributed by atoms with Crippen molar-refractivity contribution >= 4 is 17.3 Å². The molecule has 3 rings (SSSR count). The highest BCUT2D eigenvalue weighted by molar-refractivity contribution is 6.31. The van der Waals surface area contributed by atoms with Gasteiger partial charge in [-0.1, -0.05) is 11.6 Å². The molecule has 0 saturated carbocycles. The fraction of sp³-hybridized carbons (Fsp3) is 0.417. The average Bonchev–Trinajstić information content (AvgIpc) is 3.11. The standard InChI is InChI=1S/C12H11ClF3N5O/c13-7-5-6-1-2-21(3-4-22-12(15)16)10(6)8(9(7)14)11-17-19-20-18-11/h5,12H,1-4H2,(H,17,18,19,20). The van der Waals surface area contributed by atoms with Crippen LogP contribution in [0.5, 0.6) is 0 Å². The molecule has 1 aliphatic heterocycles. The van der Waals surface area contributed by atoms with Gasteiger partial charge < -0.3 is 9.64 Å². The summed E-state index contributed by atoms with van der Waals surface area (Å²) in [7, 11) is 0. The summed E-state index contributed by atoms with van der Waals surface area (Å²) in [4.78, 5) is 1.75. The minimum absolute atomic E-state index is 0.0377. The molecule has 22 heavy (non-hydrogen) atoms. The first kappa shape index (κ1) is 15.0. The molecule has 6 nitrogen and oxygen atoms in total. The van der Waals surface area contributed by atoms with Gasteiger partial charge in [0.1, 0.15) is 0 Å². The molecule has 1 aliphatic rings. The van der Waals surface area contributed by atoms with Gasteiger partial charge in [0, 0.05) is 13.1 Å². The highest BCUT2D eigenvalue weighted by atomic mass is 35.5. The molecule has 0 amide bonds. The molecule has 0 aliphatic carbocycles. The monoisotopic (exact) mass is 333 g/mol. The van der Waals surface area contributed by atoms with Gasteiger partial charge in [0.25, 0.3) is 0 Å². The Hall–Kier alpha value is -1.87. The normalized spacial score (nSPS) is 14.0. The van der Waals surface area contributed by atoms with Crippen molar-refractivity contribution in [1.29, 1.82) is 0 Å². The van der Waals surface area contributed by atoms with E-state index in [9.17, 15) is 13.2 Å². The Morgan fingerprint density at radius 1 is 1.45 bits per heavy atom. The van der Waals surface area contributed by atoms with Crippen LogP contribution in [0.1, 0.15) is 5.56 Å². The van der Waals surface area contributed by atoms with Crippen LogP contribution in [0, 0.1) is 5.82 Å². The largest absolute Gasteiger partial charge is 0.368 e. The van der Waals surface area contributed by atoms with Crippen molar-refractivity contribution in [2.24, 2.45) is 0 Å². The summed E-state index contributed by atoms with van der Waals surface area (Å²) < 4.78 is 42.8. The second-order valence-electron chi connectivity index (χ2n) is 4.66. The molecule has 1 aromatic carbocycles. The van der Waals surface area contributed by atoms with Gasteiger partial charge in [0.15, 0.2) is 5.82 Å². The van der Waals surface area contributed by atoms with E-state index < -0.39 is 12.4 Å². The maximum Gasteiger partial charge on any atom is 0.345 e. The van der Waals surface area contributed by atoms with E-state index in [0.717, 1.165) is 5.56 Å². The van der Waals surface area contributed by atoms with Crippen LogP contribution in [0.3, 0.4) is 0 Å². The predicted octanol–water partition coefficient (Wildman–Crippen LogP) is 2.26. The number of benzene rings is 1. The number of aromatic amines is 1. The lowest BCUT2D eigenvalue weighted by Gasteiger charge is -2.21. The van der Waals surface area contributed by atoms with Gasteiger partial charge in [-0.2, -0.15) is 14.0 Å². The van der Waals surface area contributed by atoms with Crippen LogP contribution in [0.15, 0.2) is 6.07 Å². The van der Waals surface area contributed by atoms with Crippen molar-refractivity contribution < 1.29 is 17.9 Å². The first-order chi connectivity index (χ1) is 10.6. The molecule has 1 aromatic heterocycles. The van der Waals surface area contributed by atoms with Crippen LogP contribution < -0.4 is 4.90 Å². The fourth-order valence-electron chi connectivity index (χ4n) is 2.53. The number of H-pyrrole nitrogens is 1. The number of hydrogen-bond donors (Lipinski definition) is 1. The summed E-state index contributed by atoms with van der Waals surface area (Å²) in [6.45, 7) is -2.26. The predicted molar refractivity (Wildman–Crippen MR) is 72.5 cm³/mol. The van der Waals surface area contributed by atoms with Gasteiger partial charge in [-0.3, -0.25) is 0 Å². The molecule has 1 N–H and O–H groups in total. The topological polar surface area (TPSA) is 66.9 Å². The second-order valence-corrected chi connectivity index (χ2v) is 5.07. The lowest BCUT2D eigenvalue weighted by atomic mass is 10.1. The third kappa shape index (κ3) is 2.73. The fourth-order valence-corrected chi connectivity index (χ4v) is 2.76. The van der Waals surface area contributed by atoms with Gasteiger partial charge in [-0.25, -0.2) is 4.39 Å². The van der Waals surface area contributed by atoms with Gasteiger partial charge in [-0.15, -0.1) is 10.2 Å². The van der Waals surface area contributed by atoms with Gasteiger partial charge >= 0.3 is 6.61 Å². The number of rotatable bonds is 5. The Bertz CT molecular complexity index is 667. The summed E-state index contributed by atoms with van der Waals surface area (Å²) in [6.07, 6.45) is 0.620. The van der Waals surface area contributed by atoms with Crippen LogP contribution in [0.4, 0.5) is 18.9 Å². The molecule has 2 heterocycles. The Labute approximate surface area is 128 Å². The third-order valence-electron chi connectivity index (χ3n) is 3.41. The van der Waals surface area contributed by atoms with Gasteiger partial charge in [0.2, 0.25) is 5.82 Å². The van der Waals surface area contributed by atoms with Crippen molar-refractivity contribution in [2.75, 3.05) is 24.6 Å². The number of nitrogens with zero attached hydrogens (tertiary/aromatic N) is 4. The zero-order valence-electron chi connectivity index (χ0n) is 11.2. The maximum atomic E-state index is 14.4. The minimum Gasteiger partial charge on any atom is -0.368 e. The van der Waals surface area contributed by atoms with E-state index in [4.69, 9.17) is 11.6 Å². The molecule has 0 saturated heterocycles. The smallest absolute Gasteiger partial charge is 0.345 e.